The Morgan fingerprint density at radius 1 is 1.26 bits per heavy atom. The molecule has 0 aromatic heterocycles. The molecule has 0 radical (unpaired) electrons. The molecule has 0 unspecified atom stereocenters. The lowest BCUT2D eigenvalue weighted by atomic mass is 10.2. The largest absolute Gasteiger partial charge is 0.399 e. The number of carbonyl (C=O) groups excluding carboxylic acids is 1. The molecule has 3 nitrogen and oxygen atoms in total. The van der Waals surface area contributed by atoms with E-state index in [4.69, 9.17) is 17.3 Å². The smallest absolute Gasteiger partial charge is 0.253 e. The second-order valence-corrected chi connectivity index (χ2v) is 5.26. The van der Waals surface area contributed by atoms with Crippen molar-refractivity contribution in [2.75, 3.05) is 5.73 Å². The predicted octanol–water partition coefficient (Wildman–Crippen LogP) is 3.61. The summed E-state index contributed by atoms with van der Waals surface area (Å²) in [7, 11) is 0. The zero-order valence-corrected chi connectivity index (χ0v) is 12.3. The van der Waals surface area contributed by atoms with Crippen molar-refractivity contribution in [1.82, 2.24) is 5.32 Å². The molecule has 0 saturated carbocycles. The fraction of sp³-hybridized carbons (Fsp3) is 0.0714. The number of nitrogens with two attached hydrogens (primary N) is 1. The van der Waals surface area contributed by atoms with Crippen LogP contribution in [-0.4, -0.2) is 5.91 Å². The minimum atomic E-state index is -0.214. The van der Waals surface area contributed by atoms with E-state index in [1.54, 1.807) is 24.3 Å². The number of carbonyl (C=O) groups is 1. The third kappa shape index (κ3) is 3.49. The van der Waals surface area contributed by atoms with Gasteiger partial charge in [0.1, 0.15) is 0 Å². The van der Waals surface area contributed by atoms with Crippen LogP contribution < -0.4 is 11.1 Å². The average Bonchev–Trinajstić information content (AvgIpc) is 2.39. The van der Waals surface area contributed by atoms with Gasteiger partial charge in [-0.2, -0.15) is 0 Å². The third-order valence-electron chi connectivity index (χ3n) is 2.60. The molecule has 19 heavy (non-hydrogen) atoms. The van der Waals surface area contributed by atoms with Crippen LogP contribution in [0.25, 0.3) is 0 Å². The maximum absolute atomic E-state index is 12.0. The standard InChI is InChI=1S/C14H12BrClN2O/c15-12-6-2-5-11(13(12)16)14(19)18-8-9-3-1-4-10(17)7-9/h1-7H,8,17H2,(H,18,19). The number of amides is 1. The molecule has 3 N–H and O–H groups in total. The molecule has 0 aliphatic heterocycles. The van der Waals surface area contributed by atoms with E-state index in [2.05, 4.69) is 21.2 Å². The molecule has 0 saturated heterocycles. The van der Waals surface area contributed by atoms with Crippen molar-refractivity contribution in [3.05, 3.63) is 63.1 Å². The topological polar surface area (TPSA) is 55.1 Å². The Bertz CT molecular complexity index is 616. The molecule has 1 amide bonds. The van der Waals surface area contributed by atoms with Crippen molar-refractivity contribution < 1.29 is 4.79 Å². The van der Waals surface area contributed by atoms with Gasteiger partial charge in [-0.15, -0.1) is 0 Å². The molecule has 0 atom stereocenters. The van der Waals surface area contributed by atoms with Gasteiger partial charge in [0.2, 0.25) is 0 Å². The lowest BCUT2D eigenvalue weighted by Gasteiger charge is -2.08. The van der Waals surface area contributed by atoms with E-state index in [0.29, 0.717) is 27.3 Å². The van der Waals surface area contributed by atoms with E-state index in [9.17, 15) is 4.79 Å². The first-order valence-electron chi connectivity index (χ1n) is 5.64. The lowest BCUT2D eigenvalue weighted by molar-refractivity contribution is 0.0951. The first kappa shape index (κ1) is 13.9. The van der Waals surface area contributed by atoms with Gasteiger partial charge in [-0.1, -0.05) is 29.8 Å². The summed E-state index contributed by atoms with van der Waals surface area (Å²) in [5, 5.41) is 3.22. The molecule has 2 rings (SSSR count). The predicted molar refractivity (Wildman–Crippen MR) is 81.2 cm³/mol. The fourth-order valence-corrected chi connectivity index (χ4v) is 2.24. The third-order valence-corrected chi connectivity index (χ3v) is 3.90. The minimum Gasteiger partial charge on any atom is -0.399 e. The van der Waals surface area contributed by atoms with E-state index < -0.39 is 0 Å². The van der Waals surface area contributed by atoms with E-state index in [-0.39, 0.29) is 5.91 Å². The van der Waals surface area contributed by atoms with Crippen LogP contribution in [0.1, 0.15) is 15.9 Å². The molecule has 2 aromatic rings. The van der Waals surface area contributed by atoms with E-state index in [0.717, 1.165) is 5.56 Å². The van der Waals surface area contributed by atoms with Crippen molar-refractivity contribution in [3.63, 3.8) is 0 Å². The van der Waals surface area contributed by atoms with Crippen molar-refractivity contribution in [1.29, 1.82) is 0 Å². The van der Waals surface area contributed by atoms with Crippen molar-refractivity contribution in [3.8, 4) is 0 Å². The summed E-state index contributed by atoms with van der Waals surface area (Å²) in [6.07, 6.45) is 0. The van der Waals surface area contributed by atoms with Crippen LogP contribution >= 0.6 is 27.5 Å². The van der Waals surface area contributed by atoms with Crippen molar-refractivity contribution in [2.24, 2.45) is 0 Å². The molecule has 2 aromatic carbocycles. The number of rotatable bonds is 3. The zero-order valence-electron chi connectivity index (χ0n) is 9.99. The second-order valence-electron chi connectivity index (χ2n) is 4.03. The van der Waals surface area contributed by atoms with Crippen LogP contribution in [0.3, 0.4) is 0 Å². The highest BCUT2D eigenvalue weighted by Crippen LogP contribution is 2.25. The average molecular weight is 340 g/mol. The number of nitrogen functional groups attached to an aromatic ring is 1. The molecule has 98 valence electrons. The van der Waals surface area contributed by atoms with Crippen LogP contribution in [-0.2, 0) is 6.54 Å². The highest BCUT2D eigenvalue weighted by molar-refractivity contribution is 9.10. The highest BCUT2D eigenvalue weighted by Gasteiger charge is 2.11. The van der Waals surface area contributed by atoms with Gasteiger partial charge >= 0.3 is 0 Å². The Kier molecular flexibility index (Phi) is 4.45. The Morgan fingerprint density at radius 2 is 2.00 bits per heavy atom. The minimum absolute atomic E-state index is 0.214. The first-order chi connectivity index (χ1) is 9.08. The van der Waals surface area contributed by atoms with Gasteiger partial charge in [-0.05, 0) is 45.8 Å². The van der Waals surface area contributed by atoms with Gasteiger partial charge in [0, 0.05) is 16.7 Å². The van der Waals surface area contributed by atoms with Crippen LogP contribution in [0.5, 0.6) is 0 Å². The second kappa shape index (κ2) is 6.08. The molecule has 0 spiro atoms. The number of benzene rings is 2. The number of nitrogens with one attached hydrogen (secondary N) is 1. The summed E-state index contributed by atoms with van der Waals surface area (Å²) in [6.45, 7) is 0.409. The number of halogens is 2. The van der Waals surface area contributed by atoms with Crippen LogP contribution in [0, 0.1) is 0 Å². The summed E-state index contributed by atoms with van der Waals surface area (Å²) in [4.78, 5) is 12.0. The number of hydrogen-bond acceptors (Lipinski definition) is 2. The molecular formula is C14H12BrClN2O. The zero-order chi connectivity index (χ0) is 13.8. The van der Waals surface area contributed by atoms with Crippen molar-refractivity contribution >= 4 is 39.1 Å². The van der Waals surface area contributed by atoms with E-state index in [1.807, 2.05) is 18.2 Å². The molecule has 0 aliphatic rings. The highest BCUT2D eigenvalue weighted by atomic mass is 79.9. The molecule has 0 fully saturated rings. The maximum atomic E-state index is 12.0. The summed E-state index contributed by atoms with van der Waals surface area (Å²) in [5.41, 5.74) is 7.74. The van der Waals surface area contributed by atoms with Crippen LogP contribution in [0.4, 0.5) is 5.69 Å². The fourth-order valence-electron chi connectivity index (χ4n) is 1.66. The van der Waals surface area contributed by atoms with Crippen molar-refractivity contribution in [2.45, 2.75) is 6.54 Å². The van der Waals surface area contributed by atoms with Crippen LogP contribution in [0.15, 0.2) is 46.9 Å². The molecular weight excluding hydrogens is 328 g/mol. The molecule has 0 heterocycles. The van der Waals surface area contributed by atoms with E-state index in [1.165, 1.54) is 0 Å². The molecule has 5 heteroatoms. The van der Waals surface area contributed by atoms with Crippen LogP contribution in [0.2, 0.25) is 5.02 Å². The Balaban J connectivity index is 2.08. The molecule has 0 bridgehead atoms. The normalized spacial score (nSPS) is 10.2. The number of anilines is 1. The van der Waals surface area contributed by atoms with Gasteiger partial charge in [0.25, 0.3) is 5.91 Å². The van der Waals surface area contributed by atoms with Gasteiger partial charge < -0.3 is 11.1 Å². The quantitative estimate of drug-likeness (QED) is 0.839. The van der Waals surface area contributed by atoms with Gasteiger partial charge in [0.15, 0.2) is 0 Å². The Hall–Kier alpha value is -1.52. The molecule has 0 aliphatic carbocycles. The first-order valence-corrected chi connectivity index (χ1v) is 6.81. The van der Waals surface area contributed by atoms with E-state index >= 15 is 0 Å². The monoisotopic (exact) mass is 338 g/mol. The van der Waals surface area contributed by atoms with Gasteiger partial charge in [-0.3, -0.25) is 4.79 Å². The summed E-state index contributed by atoms with van der Waals surface area (Å²) < 4.78 is 0.700. The van der Waals surface area contributed by atoms with Gasteiger partial charge in [0.05, 0.1) is 10.6 Å². The maximum Gasteiger partial charge on any atom is 0.253 e. The summed E-state index contributed by atoms with van der Waals surface area (Å²) >= 11 is 9.36. The lowest BCUT2D eigenvalue weighted by Crippen LogP contribution is -2.23. The Labute approximate surface area is 124 Å². The summed E-state index contributed by atoms with van der Waals surface area (Å²) in [5.74, 6) is -0.214. The summed E-state index contributed by atoms with van der Waals surface area (Å²) in [6, 6.07) is 12.6. The van der Waals surface area contributed by atoms with Gasteiger partial charge in [-0.25, -0.2) is 0 Å². The SMILES string of the molecule is Nc1cccc(CNC(=O)c2cccc(Br)c2Cl)c1. The Morgan fingerprint density at radius 3 is 2.74 bits per heavy atom. The number of hydrogen-bond donors (Lipinski definition) is 2.